The maximum absolute atomic E-state index is 11.4. The van der Waals surface area contributed by atoms with Crippen LogP contribution in [0.5, 0.6) is 0 Å². The summed E-state index contributed by atoms with van der Waals surface area (Å²) in [6.07, 6.45) is 4.43. The lowest BCUT2D eigenvalue weighted by Gasteiger charge is -2.02. The van der Waals surface area contributed by atoms with E-state index in [2.05, 4.69) is 10.6 Å². The number of halogens is 1. The summed E-state index contributed by atoms with van der Waals surface area (Å²) in [5.41, 5.74) is 0.122. The Morgan fingerprint density at radius 3 is 2.87 bits per heavy atom. The van der Waals surface area contributed by atoms with E-state index in [0.29, 0.717) is 24.9 Å². The Morgan fingerprint density at radius 1 is 1.60 bits per heavy atom. The van der Waals surface area contributed by atoms with Crippen molar-refractivity contribution in [1.82, 2.24) is 10.6 Å². The quantitative estimate of drug-likeness (QED) is 0.307. The molecule has 5 heteroatoms. The van der Waals surface area contributed by atoms with Crippen molar-refractivity contribution in [2.24, 2.45) is 0 Å². The zero-order valence-electron chi connectivity index (χ0n) is 8.42. The topological polar surface area (TPSA) is 64.9 Å². The van der Waals surface area contributed by atoms with E-state index < -0.39 is 0 Å². The first-order chi connectivity index (χ1) is 7.27. The number of carbonyl (C=O) groups excluding carboxylic acids is 1. The first kappa shape index (κ1) is 11.9. The van der Waals surface area contributed by atoms with E-state index in [1.54, 1.807) is 0 Å². The summed E-state index contributed by atoms with van der Waals surface area (Å²) >= 11 is 5.47. The van der Waals surface area contributed by atoms with Gasteiger partial charge in [-0.2, -0.15) is 5.26 Å². The Bertz CT molecular complexity index is 292. The molecule has 0 unspecified atom stereocenters. The average Bonchev–Trinajstić information content (AvgIpc) is 3.03. The number of amides is 1. The van der Waals surface area contributed by atoms with Crippen LogP contribution in [0.2, 0.25) is 0 Å². The van der Waals surface area contributed by atoms with E-state index in [4.69, 9.17) is 16.9 Å². The molecule has 0 aromatic carbocycles. The fourth-order valence-electron chi connectivity index (χ4n) is 0.964. The second-order valence-corrected chi connectivity index (χ2v) is 3.79. The monoisotopic (exact) mass is 227 g/mol. The van der Waals surface area contributed by atoms with Crippen LogP contribution in [0.15, 0.2) is 11.8 Å². The third-order valence-electron chi connectivity index (χ3n) is 2.00. The van der Waals surface area contributed by atoms with Gasteiger partial charge in [0.2, 0.25) is 0 Å². The Morgan fingerprint density at radius 2 is 2.33 bits per heavy atom. The molecule has 2 N–H and O–H groups in total. The van der Waals surface area contributed by atoms with Gasteiger partial charge in [-0.15, -0.1) is 11.6 Å². The van der Waals surface area contributed by atoms with Crippen molar-refractivity contribution in [3.8, 4) is 6.07 Å². The van der Waals surface area contributed by atoms with Gasteiger partial charge < -0.3 is 10.6 Å². The summed E-state index contributed by atoms with van der Waals surface area (Å²) in [6, 6.07) is 2.31. The fraction of sp³-hybridized carbons (Fsp3) is 0.600. The molecular formula is C10H14ClN3O. The molecule has 0 bridgehead atoms. The standard InChI is InChI=1S/C10H14ClN3O/c11-4-1-5-13-10(15)8(6-12)7-14-9-2-3-9/h7,9,14H,1-5H2,(H,13,15)/b8-7-. The summed E-state index contributed by atoms with van der Waals surface area (Å²) < 4.78 is 0. The maximum Gasteiger partial charge on any atom is 0.263 e. The summed E-state index contributed by atoms with van der Waals surface area (Å²) in [6.45, 7) is 0.505. The van der Waals surface area contributed by atoms with E-state index in [1.807, 2.05) is 6.07 Å². The SMILES string of the molecule is N#C/C(=C/NC1CC1)C(=O)NCCCCl. The lowest BCUT2D eigenvalue weighted by atomic mass is 10.3. The number of rotatable bonds is 6. The lowest BCUT2D eigenvalue weighted by molar-refractivity contribution is -0.117. The van der Waals surface area contributed by atoms with Crippen LogP contribution in [-0.4, -0.2) is 24.4 Å². The molecule has 1 aliphatic rings. The van der Waals surface area contributed by atoms with Crippen LogP contribution in [0.3, 0.4) is 0 Å². The first-order valence-electron chi connectivity index (χ1n) is 4.98. The van der Waals surface area contributed by atoms with Gasteiger partial charge in [0, 0.05) is 24.7 Å². The molecule has 82 valence electrons. The molecule has 0 aromatic heterocycles. The van der Waals surface area contributed by atoms with Gasteiger partial charge in [0.25, 0.3) is 5.91 Å². The molecule has 0 atom stereocenters. The predicted octanol–water partition coefficient (Wildman–Crippen LogP) is 0.891. The number of hydrogen-bond acceptors (Lipinski definition) is 3. The molecule has 0 aliphatic heterocycles. The number of nitriles is 1. The van der Waals surface area contributed by atoms with Gasteiger partial charge in [-0.25, -0.2) is 0 Å². The van der Waals surface area contributed by atoms with Crippen LogP contribution >= 0.6 is 11.6 Å². The molecule has 1 aliphatic carbocycles. The van der Waals surface area contributed by atoms with Crippen molar-refractivity contribution in [2.45, 2.75) is 25.3 Å². The van der Waals surface area contributed by atoms with Crippen LogP contribution in [0.1, 0.15) is 19.3 Å². The maximum atomic E-state index is 11.4. The Labute approximate surface area is 94.3 Å². The molecule has 0 radical (unpaired) electrons. The van der Waals surface area contributed by atoms with Gasteiger partial charge >= 0.3 is 0 Å². The molecule has 1 amide bonds. The smallest absolute Gasteiger partial charge is 0.263 e. The average molecular weight is 228 g/mol. The van der Waals surface area contributed by atoms with Crippen molar-refractivity contribution in [3.05, 3.63) is 11.8 Å². The minimum Gasteiger partial charge on any atom is -0.387 e. The zero-order valence-corrected chi connectivity index (χ0v) is 9.18. The molecule has 0 saturated heterocycles. The van der Waals surface area contributed by atoms with Crippen molar-refractivity contribution in [1.29, 1.82) is 5.26 Å². The molecule has 1 fully saturated rings. The Hall–Kier alpha value is -1.21. The number of nitrogens with one attached hydrogen (secondary N) is 2. The highest BCUT2D eigenvalue weighted by Crippen LogP contribution is 2.18. The highest BCUT2D eigenvalue weighted by Gasteiger charge is 2.20. The van der Waals surface area contributed by atoms with Gasteiger partial charge in [0.1, 0.15) is 11.6 Å². The second kappa shape index (κ2) is 6.31. The Balaban J connectivity index is 2.32. The molecular weight excluding hydrogens is 214 g/mol. The van der Waals surface area contributed by atoms with Crippen LogP contribution in [0.4, 0.5) is 0 Å². The van der Waals surface area contributed by atoms with E-state index in [-0.39, 0.29) is 11.5 Å². The van der Waals surface area contributed by atoms with Crippen LogP contribution in [0, 0.1) is 11.3 Å². The van der Waals surface area contributed by atoms with Crippen molar-refractivity contribution >= 4 is 17.5 Å². The largest absolute Gasteiger partial charge is 0.387 e. The van der Waals surface area contributed by atoms with Gasteiger partial charge in [-0.1, -0.05) is 0 Å². The minimum absolute atomic E-state index is 0.122. The van der Waals surface area contributed by atoms with Crippen molar-refractivity contribution in [2.75, 3.05) is 12.4 Å². The third kappa shape index (κ3) is 4.71. The van der Waals surface area contributed by atoms with Gasteiger partial charge in [0.05, 0.1) is 0 Å². The lowest BCUT2D eigenvalue weighted by Crippen LogP contribution is -2.27. The van der Waals surface area contributed by atoms with E-state index >= 15 is 0 Å². The van der Waals surface area contributed by atoms with E-state index in [9.17, 15) is 4.79 Å². The third-order valence-corrected chi connectivity index (χ3v) is 2.27. The number of nitrogens with zero attached hydrogens (tertiary/aromatic N) is 1. The normalized spacial score (nSPS) is 15.6. The van der Waals surface area contributed by atoms with Crippen LogP contribution in [-0.2, 0) is 4.79 Å². The fourth-order valence-corrected chi connectivity index (χ4v) is 1.10. The van der Waals surface area contributed by atoms with Crippen molar-refractivity contribution < 1.29 is 4.79 Å². The molecule has 4 nitrogen and oxygen atoms in total. The molecule has 1 saturated carbocycles. The summed E-state index contributed by atoms with van der Waals surface area (Å²) in [5, 5.41) is 14.4. The number of alkyl halides is 1. The van der Waals surface area contributed by atoms with Gasteiger partial charge in [0.15, 0.2) is 0 Å². The molecule has 0 spiro atoms. The summed E-state index contributed by atoms with van der Waals surface area (Å²) in [5.74, 6) is 0.169. The number of carbonyl (C=O) groups is 1. The summed E-state index contributed by atoms with van der Waals surface area (Å²) in [4.78, 5) is 11.4. The van der Waals surface area contributed by atoms with Crippen molar-refractivity contribution in [3.63, 3.8) is 0 Å². The molecule has 0 heterocycles. The van der Waals surface area contributed by atoms with Crippen LogP contribution < -0.4 is 10.6 Å². The zero-order chi connectivity index (χ0) is 11.1. The molecule has 15 heavy (non-hydrogen) atoms. The number of hydrogen-bond donors (Lipinski definition) is 2. The van der Waals surface area contributed by atoms with Gasteiger partial charge in [-0.3, -0.25) is 4.79 Å². The first-order valence-corrected chi connectivity index (χ1v) is 5.52. The van der Waals surface area contributed by atoms with Crippen LogP contribution in [0.25, 0.3) is 0 Å². The highest BCUT2D eigenvalue weighted by atomic mass is 35.5. The van der Waals surface area contributed by atoms with E-state index in [1.165, 1.54) is 6.20 Å². The highest BCUT2D eigenvalue weighted by molar-refractivity contribution is 6.17. The molecule has 0 aromatic rings. The summed E-state index contributed by atoms with van der Waals surface area (Å²) in [7, 11) is 0. The minimum atomic E-state index is -0.337. The van der Waals surface area contributed by atoms with E-state index in [0.717, 1.165) is 12.8 Å². The van der Waals surface area contributed by atoms with Gasteiger partial charge in [-0.05, 0) is 19.3 Å². The second-order valence-electron chi connectivity index (χ2n) is 3.41. The predicted molar refractivity (Wildman–Crippen MR) is 58.2 cm³/mol. The Kier molecular flexibility index (Phi) is 4.99. The molecule has 1 rings (SSSR count).